The first-order valence-electron chi connectivity index (χ1n) is 7.67. The molecule has 126 valence electrons. The lowest BCUT2D eigenvalue weighted by molar-refractivity contribution is -0.119. The minimum Gasteiger partial charge on any atom is -0.451 e. The molecule has 0 fully saturated rings. The van der Waals surface area contributed by atoms with Gasteiger partial charge in [-0.25, -0.2) is 9.78 Å². The maximum atomic E-state index is 12.1. The molecule has 0 atom stereocenters. The lowest BCUT2D eigenvalue weighted by Gasteiger charge is -2.08. The predicted molar refractivity (Wildman–Crippen MR) is 97.6 cm³/mol. The van der Waals surface area contributed by atoms with Gasteiger partial charge in [0.05, 0.1) is 0 Å². The van der Waals surface area contributed by atoms with Gasteiger partial charge in [-0.2, -0.15) is 0 Å². The zero-order chi connectivity index (χ0) is 17.6. The summed E-state index contributed by atoms with van der Waals surface area (Å²) in [4.78, 5) is 28.2. The number of hydrogen-bond acceptors (Lipinski definition) is 5. The van der Waals surface area contributed by atoms with E-state index in [1.807, 2.05) is 55.5 Å². The van der Waals surface area contributed by atoms with Crippen LogP contribution in [0.15, 0.2) is 60.0 Å². The van der Waals surface area contributed by atoms with Crippen LogP contribution in [-0.4, -0.2) is 23.5 Å². The van der Waals surface area contributed by atoms with E-state index in [0.717, 1.165) is 16.1 Å². The number of nitrogens with zero attached hydrogens (tertiary/aromatic N) is 1. The van der Waals surface area contributed by atoms with Crippen LogP contribution in [0.5, 0.6) is 0 Å². The van der Waals surface area contributed by atoms with Crippen LogP contribution >= 0.6 is 11.3 Å². The van der Waals surface area contributed by atoms with Crippen LogP contribution < -0.4 is 5.32 Å². The summed E-state index contributed by atoms with van der Waals surface area (Å²) in [5.74, 6) is -1.00. The van der Waals surface area contributed by atoms with Gasteiger partial charge >= 0.3 is 5.97 Å². The molecule has 0 spiro atoms. The van der Waals surface area contributed by atoms with E-state index in [-0.39, 0.29) is 18.2 Å². The first-order valence-corrected chi connectivity index (χ1v) is 8.55. The summed E-state index contributed by atoms with van der Waals surface area (Å²) < 4.78 is 5.04. The van der Waals surface area contributed by atoms with E-state index in [4.69, 9.17) is 4.74 Å². The summed E-state index contributed by atoms with van der Waals surface area (Å²) >= 11 is 1.36. The highest BCUT2D eigenvalue weighted by atomic mass is 32.1. The smallest absolute Gasteiger partial charge is 0.358 e. The van der Waals surface area contributed by atoms with Crippen LogP contribution in [0.2, 0.25) is 0 Å². The van der Waals surface area contributed by atoms with Gasteiger partial charge in [-0.1, -0.05) is 48.5 Å². The SMILES string of the molecule is Cc1ccccc1NC(=O)COC(=O)c1csc(-c2ccccc2)n1. The van der Waals surface area contributed by atoms with Crippen molar-refractivity contribution in [3.05, 3.63) is 71.2 Å². The van der Waals surface area contributed by atoms with E-state index in [1.54, 1.807) is 11.4 Å². The maximum absolute atomic E-state index is 12.1. The summed E-state index contributed by atoms with van der Waals surface area (Å²) in [6.07, 6.45) is 0. The van der Waals surface area contributed by atoms with E-state index in [2.05, 4.69) is 10.3 Å². The number of rotatable bonds is 5. The predicted octanol–water partition coefficient (Wildman–Crippen LogP) is 3.91. The van der Waals surface area contributed by atoms with Gasteiger partial charge in [0, 0.05) is 16.6 Å². The minimum atomic E-state index is -0.613. The summed E-state index contributed by atoms with van der Waals surface area (Å²) in [7, 11) is 0. The van der Waals surface area contributed by atoms with Crippen LogP contribution in [0.25, 0.3) is 10.6 Å². The molecule has 0 aliphatic heterocycles. The molecule has 0 aliphatic carbocycles. The molecule has 3 aromatic rings. The fourth-order valence-corrected chi connectivity index (χ4v) is 2.98. The van der Waals surface area contributed by atoms with Crippen molar-refractivity contribution in [3.63, 3.8) is 0 Å². The quantitative estimate of drug-likeness (QED) is 0.707. The number of ether oxygens (including phenoxy) is 1. The molecule has 1 aromatic heterocycles. The summed E-state index contributed by atoms with van der Waals surface area (Å²) in [6, 6.07) is 17.0. The Labute approximate surface area is 149 Å². The van der Waals surface area contributed by atoms with E-state index in [1.165, 1.54) is 11.3 Å². The van der Waals surface area contributed by atoms with Crippen molar-refractivity contribution in [2.75, 3.05) is 11.9 Å². The van der Waals surface area contributed by atoms with Crippen LogP contribution in [-0.2, 0) is 9.53 Å². The molecule has 1 amide bonds. The molecule has 3 rings (SSSR count). The van der Waals surface area contributed by atoms with Gasteiger partial charge < -0.3 is 10.1 Å². The number of amides is 1. The minimum absolute atomic E-state index is 0.201. The maximum Gasteiger partial charge on any atom is 0.358 e. The Bertz CT molecular complexity index is 890. The highest BCUT2D eigenvalue weighted by molar-refractivity contribution is 7.13. The number of para-hydroxylation sites is 1. The lowest BCUT2D eigenvalue weighted by Crippen LogP contribution is -2.21. The number of carbonyl (C=O) groups is 2. The summed E-state index contributed by atoms with van der Waals surface area (Å²) in [5, 5.41) is 5.08. The summed E-state index contributed by atoms with van der Waals surface area (Å²) in [6.45, 7) is 1.54. The lowest BCUT2D eigenvalue weighted by atomic mass is 10.2. The topological polar surface area (TPSA) is 68.3 Å². The van der Waals surface area contributed by atoms with Crippen molar-refractivity contribution < 1.29 is 14.3 Å². The number of aryl methyl sites for hydroxylation is 1. The molecule has 0 saturated carbocycles. The zero-order valence-corrected chi connectivity index (χ0v) is 14.4. The number of carbonyl (C=O) groups excluding carboxylic acids is 2. The highest BCUT2D eigenvalue weighted by Gasteiger charge is 2.15. The molecular formula is C19H16N2O3S. The van der Waals surface area contributed by atoms with Crippen molar-refractivity contribution in [2.45, 2.75) is 6.92 Å². The van der Waals surface area contributed by atoms with Gasteiger partial charge in [-0.15, -0.1) is 11.3 Å². The van der Waals surface area contributed by atoms with Gasteiger partial charge in [0.1, 0.15) is 5.01 Å². The van der Waals surface area contributed by atoms with E-state index >= 15 is 0 Å². The van der Waals surface area contributed by atoms with Crippen molar-refractivity contribution in [1.29, 1.82) is 0 Å². The Morgan fingerprint density at radius 1 is 1.08 bits per heavy atom. The average molecular weight is 352 g/mol. The fourth-order valence-electron chi connectivity index (χ4n) is 2.19. The number of anilines is 1. The third kappa shape index (κ3) is 4.30. The molecule has 1 N–H and O–H groups in total. The highest BCUT2D eigenvalue weighted by Crippen LogP contribution is 2.23. The number of hydrogen-bond donors (Lipinski definition) is 1. The Hall–Kier alpha value is -2.99. The molecular weight excluding hydrogens is 336 g/mol. The monoisotopic (exact) mass is 352 g/mol. The van der Waals surface area contributed by atoms with Crippen molar-refractivity contribution in [3.8, 4) is 10.6 Å². The molecule has 1 heterocycles. The Morgan fingerprint density at radius 2 is 1.80 bits per heavy atom. The first kappa shape index (κ1) is 16.9. The van der Waals surface area contributed by atoms with Crippen molar-refractivity contribution in [1.82, 2.24) is 4.98 Å². The second kappa shape index (κ2) is 7.72. The third-order valence-corrected chi connectivity index (χ3v) is 4.38. The van der Waals surface area contributed by atoms with Gasteiger partial charge in [0.15, 0.2) is 12.3 Å². The molecule has 0 saturated heterocycles. The number of benzene rings is 2. The molecule has 5 nitrogen and oxygen atoms in total. The first-order chi connectivity index (χ1) is 12.1. The Balaban J connectivity index is 1.57. The average Bonchev–Trinajstić information content (AvgIpc) is 3.13. The van der Waals surface area contributed by atoms with Crippen molar-refractivity contribution >= 4 is 28.9 Å². The molecule has 0 radical (unpaired) electrons. The summed E-state index contributed by atoms with van der Waals surface area (Å²) in [5.41, 5.74) is 2.77. The van der Waals surface area contributed by atoms with Gasteiger partial charge in [-0.05, 0) is 18.6 Å². The Kier molecular flexibility index (Phi) is 5.20. The second-order valence-corrected chi connectivity index (χ2v) is 6.20. The van der Waals surface area contributed by atoms with Gasteiger partial charge in [0.25, 0.3) is 5.91 Å². The number of esters is 1. The normalized spacial score (nSPS) is 10.3. The zero-order valence-electron chi connectivity index (χ0n) is 13.6. The molecule has 0 bridgehead atoms. The van der Waals surface area contributed by atoms with E-state index in [0.29, 0.717) is 5.69 Å². The molecule has 0 unspecified atom stereocenters. The molecule has 25 heavy (non-hydrogen) atoms. The van der Waals surface area contributed by atoms with Crippen LogP contribution in [0.1, 0.15) is 16.1 Å². The van der Waals surface area contributed by atoms with Crippen molar-refractivity contribution in [2.24, 2.45) is 0 Å². The van der Waals surface area contributed by atoms with E-state index < -0.39 is 5.97 Å². The number of thiazole rings is 1. The van der Waals surface area contributed by atoms with Crippen LogP contribution in [0.4, 0.5) is 5.69 Å². The van der Waals surface area contributed by atoms with E-state index in [9.17, 15) is 9.59 Å². The standard InChI is InChI=1S/C19H16N2O3S/c1-13-7-5-6-10-15(13)20-17(22)11-24-19(23)16-12-25-18(21-16)14-8-3-2-4-9-14/h2-10,12H,11H2,1H3,(H,20,22). The fraction of sp³-hybridized carbons (Fsp3) is 0.105. The molecule has 0 aliphatic rings. The number of aromatic nitrogens is 1. The number of nitrogens with one attached hydrogen (secondary N) is 1. The van der Waals surface area contributed by atoms with Crippen LogP contribution in [0.3, 0.4) is 0 Å². The second-order valence-electron chi connectivity index (χ2n) is 5.34. The van der Waals surface area contributed by atoms with Gasteiger partial charge in [-0.3, -0.25) is 4.79 Å². The Morgan fingerprint density at radius 3 is 2.56 bits per heavy atom. The molecule has 2 aromatic carbocycles. The molecule has 6 heteroatoms. The third-order valence-electron chi connectivity index (χ3n) is 3.49. The van der Waals surface area contributed by atoms with Gasteiger partial charge in [0.2, 0.25) is 0 Å². The van der Waals surface area contributed by atoms with Crippen LogP contribution in [0, 0.1) is 6.92 Å². The largest absolute Gasteiger partial charge is 0.451 e.